The lowest BCUT2D eigenvalue weighted by Crippen LogP contribution is -2.49. The number of carbonyl (C=O) groups excluding carboxylic acids is 3. The van der Waals surface area contributed by atoms with Crippen molar-refractivity contribution in [1.29, 1.82) is 0 Å². The Morgan fingerprint density at radius 2 is 1.76 bits per heavy atom. The van der Waals surface area contributed by atoms with Crippen LogP contribution in [0.1, 0.15) is 96.1 Å². The van der Waals surface area contributed by atoms with Gasteiger partial charge in [-0.25, -0.2) is 14.6 Å². The van der Waals surface area contributed by atoms with Gasteiger partial charge in [-0.05, 0) is 95.1 Å². The van der Waals surface area contributed by atoms with E-state index in [2.05, 4.69) is 22.1 Å². The second kappa shape index (κ2) is 9.27. The molecule has 9 nitrogen and oxygen atoms in total. The maximum Gasteiger partial charge on any atom is 0.410 e. The first-order valence-electron chi connectivity index (χ1n) is 14.2. The molecule has 38 heavy (non-hydrogen) atoms. The molecule has 4 aliphatic rings. The van der Waals surface area contributed by atoms with Crippen LogP contribution in [0.5, 0.6) is 0 Å². The van der Waals surface area contributed by atoms with Gasteiger partial charge in [-0.3, -0.25) is 15.0 Å². The summed E-state index contributed by atoms with van der Waals surface area (Å²) in [5.41, 5.74) is 2.95. The molecule has 2 aliphatic heterocycles. The molecule has 204 valence electrons. The fourth-order valence-corrected chi connectivity index (χ4v) is 6.58. The van der Waals surface area contributed by atoms with Crippen LogP contribution in [-0.2, 0) is 9.53 Å². The molecule has 9 heteroatoms. The Hall–Kier alpha value is -3.10. The molecule has 0 aromatic carbocycles. The number of amides is 4. The van der Waals surface area contributed by atoms with E-state index in [1.54, 1.807) is 11.1 Å². The van der Waals surface area contributed by atoms with Crippen LogP contribution in [0.2, 0.25) is 0 Å². The summed E-state index contributed by atoms with van der Waals surface area (Å²) in [6, 6.07) is 2.14. The van der Waals surface area contributed by atoms with Crippen molar-refractivity contribution in [1.82, 2.24) is 19.8 Å². The van der Waals surface area contributed by atoms with Gasteiger partial charge in [0.05, 0.1) is 11.9 Å². The van der Waals surface area contributed by atoms with Crippen LogP contribution in [0, 0.1) is 5.41 Å². The Morgan fingerprint density at radius 3 is 2.39 bits per heavy atom. The molecule has 1 spiro atoms. The lowest BCUT2D eigenvalue weighted by molar-refractivity contribution is -0.120. The van der Waals surface area contributed by atoms with E-state index < -0.39 is 5.60 Å². The average Bonchev–Trinajstić information content (AvgIpc) is 3.64. The summed E-state index contributed by atoms with van der Waals surface area (Å²) in [5, 5.41) is 3.56. The van der Waals surface area contributed by atoms with E-state index >= 15 is 0 Å². The van der Waals surface area contributed by atoms with Crippen molar-refractivity contribution in [2.75, 3.05) is 24.5 Å². The third-order valence-corrected chi connectivity index (χ3v) is 8.95. The monoisotopic (exact) mass is 521 g/mol. The Kier molecular flexibility index (Phi) is 6.15. The van der Waals surface area contributed by atoms with Crippen LogP contribution < -0.4 is 10.2 Å². The van der Waals surface area contributed by atoms with Crippen LogP contribution in [0.3, 0.4) is 0 Å². The second-order valence-corrected chi connectivity index (χ2v) is 12.8. The molecule has 1 N–H and O–H groups in total. The minimum atomic E-state index is -0.461. The third kappa shape index (κ3) is 4.87. The molecule has 0 radical (unpaired) electrons. The summed E-state index contributed by atoms with van der Waals surface area (Å²) in [7, 11) is 0. The third-order valence-electron chi connectivity index (χ3n) is 8.95. The summed E-state index contributed by atoms with van der Waals surface area (Å²) in [5.74, 6) is 0.343. The zero-order chi connectivity index (χ0) is 26.7. The molecule has 2 aromatic heterocycles. The van der Waals surface area contributed by atoms with Crippen molar-refractivity contribution in [3.8, 4) is 0 Å². The molecule has 2 aromatic rings. The summed E-state index contributed by atoms with van der Waals surface area (Å²) in [6.07, 6.45) is 13.3. The Bertz CT molecular complexity index is 1260. The highest BCUT2D eigenvalue weighted by Crippen LogP contribution is 2.50. The van der Waals surface area contributed by atoms with Crippen molar-refractivity contribution in [3.05, 3.63) is 24.0 Å². The Morgan fingerprint density at radius 1 is 1.05 bits per heavy atom. The van der Waals surface area contributed by atoms with Crippen LogP contribution in [0.25, 0.3) is 11.0 Å². The number of urea groups is 1. The fourth-order valence-electron chi connectivity index (χ4n) is 6.58. The van der Waals surface area contributed by atoms with Crippen LogP contribution in [0.4, 0.5) is 15.3 Å². The van der Waals surface area contributed by atoms with E-state index in [0.717, 1.165) is 55.5 Å². The first-order valence-corrected chi connectivity index (χ1v) is 14.2. The van der Waals surface area contributed by atoms with Gasteiger partial charge in [-0.15, -0.1) is 0 Å². The molecule has 2 aliphatic carbocycles. The average molecular weight is 522 g/mol. The van der Waals surface area contributed by atoms with Gasteiger partial charge in [-0.2, -0.15) is 0 Å². The molecular weight excluding hydrogens is 482 g/mol. The van der Waals surface area contributed by atoms with Crippen molar-refractivity contribution >= 4 is 34.8 Å². The molecule has 0 unspecified atom stereocenters. The number of likely N-dealkylation sites (tertiary alicyclic amines) is 1. The molecule has 2 saturated carbocycles. The minimum Gasteiger partial charge on any atom is -0.444 e. The van der Waals surface area contributed by atoms with Crippen molar-refractivity contribution in [2.24, 2.45) is 5.41 Å². The molecule has 4 heterocycles. The van der Waals surface area contributed by atoms with Crippen LogP contribution in [-0.4, -0.2) is 57.7 Å². The lowest BCUT2D eigenvalue weighted by atomic mass is 9.67. The maximum atomic E-state index is 12.5. The number of ether oxygens (including phenoxy) is 1. The van der Waals surface area contributed by atoms with E-state index in [1.807, 2.05) is 25.7 Å². The highest BCUT2D eigenvalue weighted by atomic mass is 16.6. The van der Waals surface area contributed by atoms with Gasteiger partial charge in [0.25, 0.3) is 0 Å². The zero-order valence-corrected chi connectivity index (χ0v) is 22.8. The number of pyridine rings is 1. The molecule has 2 saturated heterocycles. The number of imide groups is 1. The van der Waals surface area contributed by atoms with E-state index in [1.165, 1.54) is 31.2 Å². The first kappa shape index (κ1) is 25.2. The number of carbonyl (C=O) groups is 3. The highest BCUT2D eigenvalue weighted by Gasteiger charge is 2.41. The van der Waals surface area contributed by atoms with Gasteiger partial charge >= 0.3 is 12.1 Å². The number of nitrogens with zero attached hydrogens (tertiary/aromatic N) is 4. The second-order valence-electron chi connectivity index (χ2n) is 12.8. The number of anilines is 1. The summed E-state index contributed by atoms with van der Waals surface area (Å²) in [4.78, 5) is 44.9. The van der Waals surface area contributed by atoms with Crippen molar-refractivity contribution in [3.63, 3.8) is 0 Å². The summed E-state index contributed by atoms with van der Waals surface area (Å²) < 4.78 is 7.99. The number of rotatable bonds is 3. The summed E-state index contributed by atoms with van der Waals surface area (Å²) in [6.45, 7) is 7.68. The molecule has 0 bridgehead atoms. The van der Waals surface area contributed by atoms with E-state index in [0.29, 0.717) is 30.3 Å². The molecule has 0 atom stereocenters. The zero-order valence-electron chi connectivity index (χ0n) is 22.8. The predicted octanol–water partition coefficient (Wildman–Crippen LogP) is 5.49. The molecule has 4 amide bonds. The highest BCUT2D eigenvalue weighted by molar-refractivity contribution is 6.06. The normalized spacial score (nSPS) is 22.7. The van der Waals surface area contributed by atoms with Gasteiger partial charge in [-0.1, -0.05) is 0 Å². The fraction of sp³-hybridized carbons (Fsp3) is 0.655. The SMILES string of the molecule is CC(C)(C)OC(=O)N1CCC2(CCC(n3cc(C4CC4)c4cc(N5CCC(=O)NC5=O)cnc43)CC2)CC1. The Labute approximate surface area is 223 Å². The quantitative estimate of drug-likeness (QED) is 0.576. The van der Waals surface area contributed by atoms with E-state index in [-0.39, 0.29) is 18.0 Å². The largest absolute Gasteiger partial charge is 0.444 e. The van der Waals surface area contributed by atoms with Crippen LogP contribution >= 0.6 is 0 Å². The Balaban J connectivity index is 1.16. The van der Waals surface area contributed by atoms with Gasteiger partial charge in [0.15, 0.2) is 0 Å². The minimum absolute atomic E-state index is 0.188. The smallest absolute Gasteiger partial charge is 0.410 e. The van der Waals surface area contributed by atoms with Gasteiger partial charge in [0, 0.05) is 43.7 Å². The molecule has 4 fully saturated rings. The topological polar surface area (TPSA) is 96.8 Å². The maximum absolute atomic E-state index is 12.5. The molecular formula is C29H39N5O4. The number of fused-ring (bicyclic) bond motifs is 1. The van der Waals surface area contributed by atoms with Gasteiger partial charge in [0.2, 0.25) is 5.91 Å². The van der Waals surface area contributed by atoms with Crippen molar-refractivity contribution in [2.45, 2.75) is 96.1 Å². The number of nitrogens with one attached hydrogen (secondary N) is 1. The van der Waals surface area contributed by atoms with Gasteiger partial charge in [0.1, 0.15) is 11.2 Å². The standard InChI is InChI=1S/C29H39N5O4/c1-28(2,3)38-27(37)32-14-11-29(12-15-32)9-6-20(7-10-29)34-18-23(19-4-5-19)22-16-21(17-30-25(22)34)33-13-8-24(35)31-26(33)36/h16-20H,4-15H2,1-3H3,(H,31,35,36). The number of hydrogen-bond donors (Lipinski definition) is 1. The first-order chi connectivity index (χ1) is 18.1. The number of hydrogen-bond acceptors (Lipinski definition) is 5. The lowest BCUT2D eigenvalue weighted by Gasteiger charge is -2.46. The van der Waals surface area contributed by atoms with Crippen LogP contribution in [0.15, 0.2) is 18.5 Å². The van der Waals surface area contributed by atoms with Crippen molar-refractivity contribution < 1.29 is 19.1 Å². The van der Waals surface area contributed by atoms with E-state index in [4.69, 9.17) is 9.72 Å². The van der Waals surface area contributed by atoms with Gasteiger partial charge < -0.3 is 14.2 Å². The predicted molar refractivity (Wildman–Crippen MR) is 144 cm³/mol. The summed E-state index contributed by atoms with van der Waals surface area (Å²) >= 11 is 0. The molecule has 6 rings (SSSR count). The number of aromatic nitrogens is 2. The van der Waals surface area contributed by atoms with E-state index in [9.17, 15) is 14.4 Å². The number of piperidine rings is 1.